The first-order chi connectivity index (χ1) is 9.63. The summed E-state index contributed by atoms with van der Waals surface area (Å²) in [7, 11) is 0. The molecule has 20 heavy (non-hydrogen) atoms. The number of rotatable bonds is 4. The quantitative estimate of drug-likeness (QED) is 0.911. The van der Waals surface area contributed by atoms with E-state index in [-0.39, 0.29) is 17.7 Å². The van der Waals surface area contributed by atoms with Crippen LogP contribution in [0.2, 0.25) is 0 Å². The lowest BCUT2D eigenvalue weighted by atomic mass is 10.3. The van der Waals surface area contributed by atoms with E-state index in [1.165, 1.54) is 22.7 Å². The van der Waals surface area contributed by atoms with E-state index in [2.05, 4.69) is 15.6 Å². The summed E-state index contributed by atoms with van der Waals surface area (Å²) in [5.74, 6) is 0.0255. The topological polar surface area (TPSA) is 71.1 Å². The van der Waals surface area contributed by atoms with Gasteiger partial charge in [-0.1, -0.05) is 0 Å². The maximum atomic E-state index is 12.1. The highest BCUT2D eigenvalue weighted by atomic mass is 32.1. The van der Waals surface area contributed by atoms with Crippen LogP contribution in [0.1, 0.15) is 28.1 Å². The Bertz CT molecular complexity index is 645. The molecule has 2 N–H and O–H groups in total. The Morgan fingerprint density at radius 3 is 2.80 bits per heavy atom. The molecule has 3 rings (SSSR count). The molecule has 2 heterocycles. The van der Waals surface area contributed by atoms with Crippen LogP contribution in [-0.4, -0.2) is 16.8 Å². The van der Waals surface area contributed by atoms with Crippen LogP contribution in [0.25, 0.3) is 0 Å². The van der Waals surface area contributed by atoms with Crippen LogP contribution in [0, 0.1) is 12.8 Å². The number of anilines is 2. The zero-order valence-corrected chi connectivity index (χ0v) is 12.4. The monoisotopic (exact) mass is 307 g/mol. The number of carbonyl (C=O) groups is 2. The molecule has 0 atom stereocenters. The molecule has 5 nitrogen and oxygen atoms in total. The van der Waals surface area contributed by atoms with Crippen molar-refractivity contribution < 1.29 is 9.59 Å². The summed E-state index contributed by atoms with van der Waals surface area (Å²) in [6.45, 7) is 1.86. The molecule has 1 saturated carbocycles. The van der Waals surface area contributed by atoms with E-state index < -0.39 is 0 Å². The minimum atomic E-state index is -0.186. The summed E-state index contributed by atoms with van der Waals surface area (Å²) in [6.07, 6.45) is 3.57. The van der Waals surface area contributed by atoms with Crippen molar-refractivity contribution in [2.75, 3.05) is 10.6 Å². The molecule has 0 bridgehead atoms. The number of thiazole rings is 1. The molecule has 1 aliphatic carbocycles. The van der Waals surface area contributed by atoms with Gasteiger partial charge >= 0.3 is 0 Å². The van der Waals surface area contributed by atoms with Crippen LogP contribution in [-0.2, 0) is 4.79 Å². The number of nitrogens with zero attached hydrogens (tertiary/aromatic N) is 1. The predicted octanol–water partition coefficient (Wildman–Crippen LogP) is 3.11. The third-order valence-electron chi connectivity index (χ3n) is 2.97. The molecule has 1 aliphatic rings. The summed E-state index contributed by atoms with van der Waals surface area (Å²) in [5.41, 5.74) is 0.857. The highest BCUT2D eigenvalue weighted by Crippen LogP contribution is 2.33. The Balaban J connectivity index is 1.71. The number of amides is 2. The Morgan fingerprint density at radius 1 is 1.35 bits per heavy atom. The average Bonchev–Trinajstić information content (AvgIpc) is 3.03. The summed E-state index contributed by atoms with van der Waals surface area (Å²) < 4.78 is 0. The Hall–Kier alpha value is -1.73. The highest BCUT2D eigenvalue weighted by Gasteiger charge is 2.30. The molecule has 0 aromatic carbocycles. The second kappa shape index (κ2) is 5.34. The fraction of sp³-hybridized carbons (Fsp3) is 0.308. The lowest BCUT2D eigenvalue weighted by Crippen LogP contribution is -2.12. The number of aromatic nitrogens is 1. The molecule has 0 saturated heterocycles. The first kappa shape index (κ1) is 13.3. The maximum Gasteiger partial charge on any atom is 0.267 e. The van der Waals surface area contributed by atoms with Gasteiger partial charge < -0.3 is 5.32 Å². The Morgan fingerprint density at radius 2 is 2.15 bits per heavy atom. The summed E-state index contributed by atoms with van der Waals surface area (Å²) >= 11 is 2.67. The third-order valence-corrected chi connectivity index (χ3v) is 4.81. The van der Waals surface area contributed by atoms with Crippen molar-refractivity contribution in [3.63, 3.8) is 0 Å². The van der Waals surface area contributed by atoms with Gasteiger partial charge in [-0.05, 0) is 31.4 Å². The summed E-state index contributed by atoms with van der Waals surface area (Å²) in [6, 6.07) is 1.84. The van der Waals surface area contributed by atoms with Gasteiger partial charge in [0.1, 0.15) is 0 Å². The minimum absolute atomic E-state index is 0.0538. The van der Waals surface area contributed by atoms with Gasteiger partial charge in [0.05, 0.1) is 9.88 Å². The molecule has 104 valence electrons. The summed E-state index contributed by atoms with van der Waals surface area (Å²) in [4.78, 5) is 28.5. The molecule has 2 amide bonds. The van der Waals surface area contributed by atoms with Gasteiger partial charge in [0.25, 0.3) is 5.91 Å². The first-order valence-electron chi connectivity index (χ1n) is 6.25. The minimum Gasteiger partial charge on any atom is -0.317 e. The van der Waals surface area contributed by atoms with Crippen LogP contribution in [0.4, 0.5) is 10.1 Å². The van der Waals surface area contributed by atoms with Crippen LogP contribution >= 0.6 is 22.7 Å². The zero-order valence-electron chi connectivity index (χ0n) is 10.8. The zero-order chi connectivity index (χ0) is 14.1. The van der Waals surface area contributed by atoms with Crippen molar-refractivity contribution in [3.8, 4) is 0 Å². The fourth-order valence-corrected chi connectivity index (χ4v) is 3.27. The standard InChI is InChI=1S/C13H13N3O2S2/c1-7-6-9(15-11(17)8-2-3-8)20-10(7)12(18)16-13-14-4-5-19-13/h4-6,8H,2-3H2,1H3,(H,15,17)(H,14,16,18). The van der Waals surface area contributed by atoms with Gasteiger partial charge in [0.15, 0.2) is 5.13 Å². The van der Waals surface area contributed by atoms with Crippen molar-refractivity contribution in [2.45, 2.75) is 19.8 Å². The highest BCUT2D eigenvalue weighted by molar-refractivity contribution is 7.18. The van der Waals surface area contributed by atoms with Crippen molar-refractivity contribution in [1.29, 1.82) is 0 Å². The van der Waals surface area contributed by atoms with Crippen molar-refractivity contribution in [3.05, 3.63) is 28.1 Å². The molecule has 0 radical (unpaired) electrons. The number of carbonyl (C=O) groups excluding carboxylic acids is 2. The number of nitrogens with one attached hydrogen (secondary N) is 2. The third kappa shape index (κ3) is 2.88. The van der Waals surface area contributed by atoms with Gasteiger partial charge in [-0.3, -0.25) is 14.9 Å². The van der Waals surface area contributed by atoms with Gasteiger partial charge in [-0.25, -0.2) is 4.98 Å². The van der Waals surface area contributed by atoms with Crippen molar-refractivity contribution >= 4 is 44.6 Å². The molecule has 7 heteroatoms. The normalized spacial score (nSPS) is 14.1. The van der Waals surface area contributed by atoms with Crippen LogP contribution in [0.15, 0.2) is 17.6 Å². The van der Waals surface area contributed by atoms with Crippen molar-refractivity contribution in [2.24, 2.45) is 5.92 Å². The lowest BCUT2D eigenvalue weighted by molar-refractivity contribution is -0.117. The Kier molecular flexibility index (Phi) is 3.54. The van der Waals surface area contributed by atoms with E-state index in [1.54, 1.807) is 11.6 Å². The predicted molar refractivity (Wildman–Crippen MR) is 80.5 cm³/mol. The van der Waals surface area contributed by atoms with Gasteiger partial charge in [-0.2, -0.15) is 0 Å². The van der Waals surface area contributed by atoms with Crippen molar-refractivity contribution in [1.82, 2.24) is 4.98 Å². The van der Waals surface area contributed by atoms with Gasteiger partial charge in [0.2, 0.25) is 5.91 Å². The molecule has 1 fully saturated rings. The molecule has 0 spiro atoms. The van der Waals surface area contributed by atoms with Crippen LogP contribution in [0.5, 0.6) is 0 Å². The van der Waals surface area contributed by atoms with Crippen LogP contribution in [0.3, 0.4) is 0 Å². The Labute approximate surface area is 124 Å². The molecule has 0 aliphatic heterocycles. The second-order valence-electron chi connectivity index (χ2n) is 4.68. The first-order valence-corrected chi connectivity index (χ1v) is 7.95. The largest absolute Gasteiger partial charge is 0.317 e. The molecular formula is C13H13N3O2S2. The fourth-order valence-electron chi connectivity index (χ4n) is 1.78. The number of hydrogen-bond acceptors (Lipinski definition) is 5. The van der Waals surface area contributed by atoms with Gasteiger partial charge in [-0.15, -0.1) is 22.7 Å². The average molecular weight is 307 g/mol. The van der Waals surface area contributed by atoms with E-state index in [0.717, 1.165) is 23.4 Å². The lowest BCUT2D eigenvalue weighted by Gasteiger charge is -2.00. The maximum absolute atomic E-state index is 12.1. The smallest absolute Gasteiger partial charge is 0.267 e. The molecule has 0 unspecified atom stereocenters. The van der Waals surface area contributed by atoms with Crippen LogP contribution < -0.4 is 10.6 Å². The molecule has 2 aromatic rings. The van der Waals surface area contributed by atoms with E-state index in [0.29, 0.717) is 10.0 Å². The number of hydrogen-bond donors (Lipinski definition) is 2. The number of aryl methyl sites for hydroxylation is 1. The van der Waals surface area contributed by atoms with E-state index in [4.69, 9.17) is 0 Å². The SMILES string of the molecule is Cc1cc(NC(=O)C2CC2)sc1C(=O)Nc1nccs1. The molecule has 2 aromatic heterocycles. The molecular weight excluding hydrogens is 294 g/mol. The van der Waals surface area contributed by atoms with E-state index >= 15 is 0 Å². The number of thiophene rings is 1. The summed E-state index contributed by atoms with van der Waals surface area (Å²) in [5, 5.41) is 8.72. The van der Waals surface area contributed by atoms with E-state index in [1.807, 2.05) is 13.0 Å². The van der Waals surface area contributed by atoms with Gasteiger partial charge in [0, 0.05) is 17.5 Å². The second-order valence-corrected chi connectivity index (χ2v) is 6.62. The van der Waals surface area contributed by atoms with E-state index in [9.17, 15) is 9.59 Å².